The van der Waals surface area contributed by atoms with Crippen molar-refractivity contribution >= 4 is 39.1 Å². The van der Waals surface area contributed by atoms with Gasteiger partial charge in [-0.1, -0.05) is 11.6 Å². The number of rotatable bonds is 8. The highest BCUT2D eigenvalue weighted by atomic mass is 35.5. The van der Waals surface area contributed by atoms with Gasteiger partial charge >= 0.3 is 11.9 Å². The molecule has 1 heterocycles. The van der Waals surface area contributed by atoms with E-state index < -0.39 is 78.2 Å². The monoisotopic (exact) mass is 531 g/mol. The van der Waals surface area contributed by atoms with Crippen molar-refractivity contribution in [3.63, 3.8) is 0 Å². The molecule has 17 heteroatoms. The van der Waals surface area contributed by atoms with Crippen molar-refractivity contribution in [2.75, 3.05) is 26.2 Å². The lowest BCUT2D eigenvalue weighted by Gasteiger charge is -2.52. The largest absolute Gasteiger partial charge is 0.398 e. The molecule has 0 aromatic heterocycles. The highest BCUT2D eigenvalue weighted by Gasteiger charge is 2.60. The van der Waals surface area contributed by atoms with Crippen molar-refractivity contribution < 1.29 is 54.8 Å². The fraction of sp³-hybridized carbons (Fsp3) is 0.579. The zero-order valence-corrected chi connectivity index (χ0v) is 19.6. The normalized spacial score (nSPS) is 25.9. The molecule has 13 nitrogen and oxygen atoms in total. The van der Waals surface area contributed by atoms with E-state index in [1.54, 1.807) is 5.32 Å². The molecule has 4 radical (unpaired) electrons. The minimum Gasteiger partial charge on any atom is -0.398 e. The molecule has 1 aliphatic rings. The maximum absolute atomic E-state index is 13.5. The van der Waals surface area contributed by atoms with Crippen LogP contribution in [0.3, 0.4) is 0 Å². The highest BCUT2D eigenvalue weighted by Crippen LogP contribution is 2.32. The number of benzene rings is 1. The zero-order valence-electron chi connectivity index (χ0n) is 18.9. The highest BCUT2D eigenvalue weighted by molar-refractivity contribution is 6.31. The number of hydrogen-bond acceptors (Lipinski definition) is 11. The number of carbonyl (C=O) groups is 2. The predicted molar refractivity (Wildman–Crippen MR) is 120 cm³/mol. The summed E-state index contributed by atoms with van der Waals surface area (Å²) in [6, 6.07) is 3.06. The molecular weight excluding hydrogens is 506 g/mol. The van der Waals surface area contributed by atoms with Crippen LogP contribution in [0.25, 0.3) is 0 Å². The Bertz CT molecular complexity index is 950. The Balaban J connectivity index is 2.11. The minimum absolute atomic E-state index is 0.0461. The number of likely N-dealkylation sites (tertiary alicyclic amines) is 1. The molecule has 2 atom stereocenters. The van der Waals surface area contributed by atoms with Gasteiger partial charge in [-0.2, -0.15) is 0 Å². The van der Waals surface area contributed by atoms with E-state index in [0.29, 0.717) is 6.92 Å². The number of carbonyl (C=O) groups excluding carboxylic acids is 2. The van der Waals surface area contributed by atoms with Gasteiger partial charge in [-0.25, -0.2) is 4.39 Å². The molecule has 2 amide bonds. The fourth-order valence-corrected chi connectivity index (χ4v) is 4.01. The third-order valence-corrected chi connectivity index (χ3v) is 6.07. The lowest BCUT2D eigenvalue weighted by molar-refractivity contribution is -0.448. The van der Waals surface area contributed by atoms with Crippen molar-refractivity contribution in [2.24, 2.45) is 5.92 Å². The average molecular weight is 531 g/mol. The van der Waals surface area contributed by atoms with Gasteiger partial charge in [0.2, 0.25) is 11.4 Å². The molecule has 36 heavy (non-hydrogen) atoms. The maximum Gasteiger partial charge on any atom is 0.308 e. The van der Waals surface area contributed by atoms with Gasteiger partial charge in [-0.3, -0.25) is 14.5 Å². The van der Waals surface area contributed by atoms with Crippen molar-refractivity contribution in [1.82, 2.24) is 15.5 Å². The molecule has 1 saturated heterocycles. The number of nitrogens with one attached hydrogen (secondary N) is 2. The van der Waals surface area contributed by atoms with Crippen LogP contribution in [0.1, 0.15) is 17.3 Å². The summed E-state index contributed by atoms with van der Waals surface area (Å²) in [5, 5.41) is 81.5. The molecule has 1 aliphatic heterocycles. The second-order valence-corrected chi connectivity index (χ2v) is 9.43. The van der Waals surface area contributed by atoms with Crippen LogP contribution < -0.4 is 10.6 Å². The minimum atomic E-state index is -4.01. The summed E-state index contributed by atoms with van der Waals surface area (Å²) < 4.78 is 13.5. The quantitative estimate of drug-likeness (QED) is 0.113. The molecule has 2 unspecified atom stereocenters. The van der Waals surface area contributed by atoms with E-state index in [-0.39, 0.29) is 10.6 Å². The van der Waals surface area contributed by atoms with Crippen molar-refractivity contribution in [1.29, 1.82) is 0 Å². The van der Waals surface area contributed by atoms with Gasteiger partial charge in [0.25, 0.3) is 5.91 Å². The summed E-state index contributed by atoms with van der Waals surface area (Å²) in [6.07, 6.45) is 0. The van der Waals surface area contributed by atoms with Crippen LogP contribution in [-0.4, -0.2) is 128 Å². The number of nitrogens with zero attached hydrogens (tertiary/aromatic N) is 1. The smallest absolute Gasteiger partial charge is 0.308 e. The second kappa shape index (κ2) is 10.1. The van der Waals surface area contributed by atoms with Gasteiger partial charge < -0.3 is 51.5 Å². The Morgan fingerprint density at radius 1 is 1.08 bits per heavy atom. The number of halogens is 2. The molecule has 0 bridgehead atoms. The average Bonchev–Trinajstić information content (AvgIpc) is 2.63. The van der Waals surface area contributed by atoms with Crippen molar-refractivity contribution in [3.05, 3.63) is 34.6 Å². The predicted octanol–water partition coefficient (Wildman–Crippen LogP) is -5.01. The van der Waals surface area contributed by atoms with E-state index in [1.807, 2.05) is 0 Å². The van der Waals surface area contributed by atoms with E-state index in [1.165, 1.54) is 6.07 Å². The van der Waals surface area contributed by atoms with E-state index in [4.69, 9.17) is 27.3 Å². The van der Waals surface area contributed by atoms with Gasteiger partial charge in [0.15, 0.2) is 0 Å². The molecule has 1 aromatic carbocycles. The van der Waals surface area contributed by atoms with Crippen LogP contribution in [0.2, 0.25) is 5.02 Å². The molecule has 0 saturated carbocycles. The number of aliphatic hydroxyl groups is 8. The summed E-state index contributed by atoms with van der Waals surface area (Å²) in [7, 11) is 11.7. The second-order valence-electron chi connectivity index (χ2n) is 8.99. The first kappa shape index (κ1) is 30.4. The van der Waals surface area contributed by atoms with Crippen molar-refractivity contribution in [2.45, 2.75) is 35.4 Å². The standard InChI is InChI=1S/C19H25B2ClFN3O10/c1-15(18(31,32)33,19(34,35)36)25-13(27)6-26-7-16(20,29)12(17(21,30)8-26)5-24-14(28)9-2-10(22)4-11(23)3-9/h2-4,12,29-36H,5-8H2,1H3,(H,24,28)(H,25,27). The van der Waals surface area contributed by atoms with Gasteiger partial charge in [0, 0.05) is 47.1 Å². The first-order valence-corrected chi connectivity index (χ1v) is 10.6. The molecule has 1 fully saturated rings. The Kier molecular flexibility index (Phi) is 8.55. The molecule has 1 aromatic rings. The molecule has 2 rings (SSSR count). The van der Waals surface area contributed by atoms with Gasteiger partial charge in [-0.05, 0) is 25.1 Å². The van der Waals surface area contributed by atoms with Gasteiger partial charge in [-0.15, -0.1) is 0 Å². The summed E-state index contributed by atoms with van der Waals surface area (Å²) in [6.45, 7) is -1.91. The Labute approximate surface area is 211 Å². The van der Waals surface area contributed by atoms with Gasteiger partial charge in [0.05, 0.1) is 6.54 Å². The number of β-amino-alcohol motifs (C(OH)–C–C–N with tert-alkyl or cyclic N) is 2. The zero-order chi connectivity index (χ0) is 27.9. The first-order valence-electron chi connectivity index (χ1n) is 10.2. The summed E-state index contributed by atoms with van der Waals surface area (Å²) in [5.74, 6) is -12.3. The van der Waals surface area contributed by atoms with E-state index in [9.17, 15) is 54.8 Å². The lowest BCUT2D eigenvalue weighted by atomic mass is 9.55. The van der Waals surface area contributed by atoms with Crippen molar-refractivity contribution in [3.8, 4) is 0 Å². The summed E-state index contributed by atoms with van der Waals surface area (Å²) >= 11 is 5.72. The number of piperidine rings is 1. The Morgan fingerprint density at radius 3 is 2.03 bits per heavy atom. The molecule has 196 valence electrons. The van der Waals surface area contributed by atoms with Gasteiger partial charge in [0.1, 0.15) is 21.5 Å². The maximum atomic E-state index is 13.5. The molecule has 10 N–H and O–H groups in total. The number of hydrogen-bond donors (Lipinski definition) is 10. The topological polar surface area (TPSA) is 223 Å². The van der Waals surface area contributed by atoms with Crippen LogP contribution in [0.4, 0.5) is 4.39 Å². The van der Waals surface area contributed by atoms with Crippen LogP contribution >= 0.6 is 11.6 Å². The van der Waals surface area contributed by atoms with Crippen LogP contribution in [0.15, 0.2) is 18.2 Å². The molecule has 0 spiro atoms. The third kappa shape index (κ3) is 6.72. The van der Waals surface area contributed by atoms with Crippen LogP contribution in [0.5, 0.6) is 0 Å². The van der Waals surface area contributed by atoms with Crippen LogP contribution in [-0.2, 0) is 4.79 Å². The molecular formula is C19H25B2ClFN3O10. The van der Waals surface area contributed by atoms with E-state index in [0.717, 1.165) is 17.0 Å². The van der Waals surface area contributed by atoms with E-state index in [2.05, 4.69) is 5.32 Å². The SMILES string of the molecule is [B]C1(O)CN(CC(=O)NC(C)(C(O)(O)O)C(O)(O)O)CC([B])(O)C1CNC(=O)c1cc(F)cc(Cl)c1. The fourth-order valence-electron chi connectivity index (χ4n) is 3.79. The summed E-state index contributed by atoms with van der Waals surface area (Å²) in [4.78, 5) is 25.7. The Hall–Kier alpha value is -1.85. The van der Waals surface area contributed by atoms with E-state index >= 15 is 0 Å². The first-order chi connectivity index (χ1) is 16.1. The molecule has 0 aliphatic carbocycles. The Morgan fingerprint density at radius 2 is 1.58 bits per heavy atom. The summed E-state index contributed by atoms with van der Waals surface area (Å²) in [5.41, 5.74) is -8.06. The number of amides is 2. The third-order valence-electron chi connectivity index (χ3n) is 5.85. The lowest BCUT2D eigenvalue weighted by Crippen LogP contribution is -2.75. The van der Waals surface area contributed by atoms with Crippen LogP contribution in [0, 0.1) is 11.7 Å².